The fraction of sp³-hybridized carbons (Fsp3) is 0.391. The summed E-state index contributed by atoms with van der Waals surface area (Å²) in [7, 11) is 7.93. The monoisotopic (exact) mass is 459 g/mol. The van der Waals surface area contributed by atoms with Crippen molar-refractivity contribution >= 4 is 22.4 Å². The minimum atomic E-state index is 0.367. The lowest BCUT2D eigenvalue weighted by atomic mass is 10.2. The van der Waals surface area contributed by atoms with Gasteiger partial charge in [-0.25, -0.2) is 9.97 Å². The summed E-state index contributed by atoms with van der Waals surface area (Å²) in [5.74, 6) is 3.25. The smallest absolute Gasteiger partial charge is 0.203 e. The van der Waals surface area contributed by atoms with E-state index >= 15 is 0 Å². The normalized spacial score (nSPS) is 10.7. The molecule has 0 unspecified atom stereocenters. The van der Waals surface area contributed by atoms with E-state index in [9.17, 15) is 0 Å². The molecular weight excluding hydrogens is 430 g/mol. The first kappa shape index (κ1) is 24.1. The van der Waals surface area contributed by atoms with Crippen LogP contribution in [0.4, 0.5) is 11.5 Å². The van der Waals surface area contributed by atoms with Crippen LogP contribution in [0.1, 0.15) is 0 Å². The summed E-state index contributed by atoms with van der Waals surface area (Å²) in [6.45, 7) is 1.64. The summed E-state index contributed by atoms with van der Waals surface area (Å²) in [6.07, 6.45) is 1.48. The van der Waals surface area contributed by atoms with Crippen LogP contribution in [0, 0.1) is 0 Å². The quantitative estimate of drug-likeness (QED) is 0.382. The number of methoxy groups -OCH3 is 5. The van der Waals surface area contributed by atoms with Crippen LogP contribution >= 0.6 is 0 Å². The van der Waals surface area contributed by atoms with Crippen molar-refractivity contribution in [3.8, 4) is 28.7 Å². The van der Waals surface area contributed by atoms with Gasteiger partial charge in [-0.05, 0) is 6.07 Å². The molecule has 0 amide bonds. The maximum Gasteiger partial charge on any atom is 0.203 e. The zero-order valence-electron chi connectivity index (χ0n) is 19.5. The lowest BCUT2D eigenvalue weighted by Crippen LogP contribution is -2.09. The van der Waals surface area contributed by atoms with Crippen molar-refractivity contribution in [2.24, 2.45) is 0 Å². The van der Waals surface area contributed by atoms with Gasteiger partial charge in [-0.15, -0.1) is 0 Å². The fourth-order valence-electron chi connectivity index (χ4n) is 3.15. The summed E-state index contributed by atoms with van der Waals surface area (Å²) >= 11 is 0. The molecule has 0 bridgehead atoms. The molecule has 0 saturated heterocycles. The number of rotatable bonds is 13. The van der Waals surface area contributed by atoms with Gasteiger partial charge in [0.05, 0.1) is 40.1 Å². The SMILES string of the molecule is COCCOc1cc2ncnc(Nc3cc(OC)c(OC)c(OC)c3)c2cc1OCCOC. The number of hydrogen-bond donors (Lipinski definition) is 1. The van der Waals surface area contributed by atoms with Crippen LogP contribution in [-0.4, -0.2) is 71.9 Å². The molecular formula is C23H29N3O7. The van der Waals surface area contributed by atoms with E-state index in [2.05, 4.69) is 15.3 Å². The van der Waals surface area contributed by atoms with Gasteiger partial charge >= 0.3 is 0 Å². The molecule has 0 aliphatic heterocycles. The Kier molecular flexibility index (Phi) is 8.73. The third-order valence-electron chi connectivity index (χ3n) is 4.72. The summed E-state index contributed by atoms with van der Waals surface area (Å²) in [4.78, 5) is 8.82. The Balaban J connectivity index is 2.00. The first-order valence-corrected chi connectivity index (χ1v) is 10.2. The van der Waals surface area contributed by atoms with Crippen molar-refractivity contribution in [3.63, 3.8) is 0 Å². The Morgan fingerprint density at radius 2 is 1.27 bits per heavy atom. The van der Waals surface area contributed by atoms with E-state index in [1.54, 1.807) is 47.7 Å². The van der Waals surface area contributed by atoms with Crippen LogP contribution < -0.4 is 29.0 Å². The van der Waals surface area contributed by atoms with Crippen LogP contribution in [0.15, 0.2) is 30.6 Å². The Labute approximate surface area is 192 Å². The highest BCUT2D eigenvalue weighted by Crippen LogP contribution is 2.41. The van der Waals surface area contributed by atoms with E-state index in [4.69, 9.17) is 33.2 Å². The number of benzene rings is 2. The van der Waals surface area contributed by atoms with Crippen LogP contribution in [-0.2, 0) is 9.47 Å². The molecule has 3 aromatic rings. The van der Waals surface area contributed by atoms with Crippen molar-refractivity contribution in [2.75, 3.05) is 67.3 Å². The molecule has 0 saturated carbocycles. The molecule has 0 aliphatic carbocycles. The Morgan fingerprint density at radius 3 is 1.82 bits per heavy atom. The second kappa shape index (κ2) is 11.9. The third-order valence-corrected chi connectivity index (χ3v) is 4.72. The van der Waals surface area contributed by atoms with E-state index in [0.29, 0.717) is 72.2 Å². The molecule has 10 nitrogen and oxygen atoms in total. The number of fused-ring (bicyclic) bond motifs is 1. The van der Waals surface area contributed by atoms with E-state index in [-0.39, 0.29) is 0 Å². The van der Waals surface area contributed by atoms with Crippen LogP contribution in [0.2, 0.25) is 0 Å². The maximum atomic E-state index is 5.89. The highest BCUT2D eigenvalue weighted by molar-refractivity contribution is 5.93. The minimum Gasteiger partial charge on any atom is -0.493 e. The topological polar surface area (TPSA) is 102 Å². The number of hydrogen-bond acceptors (Lipinski definition) is 10. The molecule has 0 radical (unpaired) electrons. The van der Waals surface area contributed by atoms with Crippen molar-refractivity contribution in [3.05, 3.63) is 30.6 Å². The third kappa shape index (κ3) is 5.85. The number of nitrogens with one attached hydrogen (secondary N) is 1. The molecule has 0 spiro atoms. The standard InChI is InChI=1S/C23H29N3O7/c1-27-6-8-32-18-12-16-17(13-19(18)33-9-7-28-2)24-14-25-23(16)26-15-10-20(29-3)22(31-5)21(11-15)30-4/h10-14H,6-9H2,1-5H3,(H,24,25,26). The molecule has 178 valence electrons. The lowest BCUT2D eigenvalue weighted by Gasteiger charge is -2.17. The summed E-state index contributed by atoms with van der Waals surface area (Å²) < 4.78 is 38.2. The van der Waals surface area contributed by atoms with Crippen LogP contribution in [0.25, 0.3) is 10.9 Å². The fourth-order valence-corrected chi connectivity index (χ4v) is 3.15. The molecule has 3 rings (SSSR count). The van der Waals surface area contributed by atoms with E-state index < -0.39 is 0 Å². The molecule has 0 aliphatic rings. The molecule has 0 atom stereocenters. The molecule has 0 fully saturated rings. The van der Waals surface area contributed by atoms with Gasteiger partial charge in [-0.1, -0.05) is 0 Å². The Bertz CT molecular complexity index is 1040. The van der Waals surface area contributed by atoms with Crippen molar-refractivity contribution in [2.45, 2.75) is 0 Å². The Morgan fingerprint density at radius 1 is 0.667 bits per heavy atom. The predicted molar refractivity (Wildman–Crippen MR) is 124 cm³/mol. The van der Waals surface area contributed by atoms with Gasteiger partial charge in [0.25, 0.3) is 0 Å². The van der Waals surface area contributed by atoms with Gasteiger partial charge in [-0.3, -0.25) is 0 Å². The van der Waals surface area contributed by atoms with Gasteiger partial charge < -0.3 is 38.5 Å². The van der Waals surface area contributed by atoms with Crippen molar-refractivity contribution in [1.29, 1.82) is 0 Å². The summed E-state index contributed by atoms with van der Waals surface area (Å²) in [5, 5.41) is 4.05. The van der Waals surface area contributed by atoms with Gasteiger partial charge in [-0.2, -0.15) is 0 Å². The molecule has 1 N–H and O–H groups in total. The highest BCUT2D eigenvalue weighted by Gasteiger charge is 2.16. The highest BCUT2D eigenvalue weighted by atomic mass is 16.6. The number of ether oxygens (including phenoxy) is 7. The summed E-state index contributed by atoms with van der Waals surface area (Å²) in [6, 6.07) is 7.25. The first-order chi connectivity index (χ1) is 16.1. The van der Waals surface area contributed by atoms with Gasteiger partial charge in [0.2, 0.25) is 5.75 Å². The maximum absolute atomic E-state index is 5.89. The second-order valence-corrected chi connectivity index (χ2v) is 6.76. The lowest BCUT2D eigenvalue weighted by molar-refractivity contribution is 0.132. The van der Waals surface area contributed by atoms with E-state index in [1.165, 1.54) is 6.33 Å². The van der Waals surface area contributed by atoms with E-state index in [0.717, 1.165) is 5.39 Å². The average Bonchev–Trinajstić information content (AvgIpc) is 2.84. The second-order valence-electron chi connectivity index (χ2n) is 6.76. The molecule has 33 heavy (non-hydrogen) atoms. The minimum absolute atomic E-state index is 0.367. The van der Waals surface area contributed by atoms with Crippen molar-refractivity contribution < 1.29 is 33.2 Å². The number of nitrogens with zero attached hydrogens (tertiary/aromatic N) is 2. The average molecular weight is 459 g/mol. The largest absolute Gasteiger partial charge is 0.493 e. The van der Waals surface area contributed by atoms with E-state index in [1.807, 2.05) is 12.1 Å². The summed E-state index contributed by atoms with van der Waals surface area (Å²) in [5.41, 5.74) is 1.39. The molecule has 2 aromatic carbocycles. The molecule has 1 aromatic heterocycles. The number of aromatic nitrogens is 2. The molecule has 10 heteroatoms. The zero-order valence-corrected chi connectivity index (χ0v) is 19.5. The molecule has 1 heterocycles. The van der Waals surface area contributed by atoms with Gasteiger partial charge in [0, 0.05) is 43.5 Å². The van der Waals surface area contributed by atoms with Crippen LogP contribution in [0.3, 0.4) is 0 Å². The first-order valence-electron chi connectivity index (χ1n) is 10.2. The van der Waals surface area contributed by atoms with Gasteiger partial charge in [0.1, 0.15) is 25.4 Å². The number of anilines is 2. The van der Waals surface area contributed by atoms with Crippen LogP contribution in [0.5, 0.6) is 28.7 Å². The Hall–Kier alpha value is -3.50. The zero-order chi connectivity index (χ0) is 23.6. The van der Waals surface area contributed by atoms with Gasteiger partial charge in [0.15, 0.2) is 23.0 Å². The van der Waals surface area contributed by atoms with Crippen molar-refractivity contribution in [1.82, 2.24) is 9.97 Å². The predicted octanol–water partition coefficient (Wildman–Crippen LogP) is 3.45.